The molecule has 3 N–H and O–H groups in total. The van der Waals surface area contributed by atoms with Gasteiger partial charge in [-0.25, -0.2) is 4.79 Å². The SMILES string of the molecule is COc1ccc(N(c2ccc(N)cc2)c2ccc(C(=O)O)cc2)cc1. The Labute approximate surface area is 145 Å². The highest BCUT2D eigenvalue weighted by molar-refractivity contribution is 5.88. The highest BCUT2D eigenvalue weighted by atomic mass is 16.5. The smallest absolute Gasteiger partial charge is 0.335 e. The van der Waals surface area contributed by atoms with Crippen molar-refractivity contribution >= 4 is 28.7 Å². The average Bonchev–Trinajstić information content (AvgIpc) is 2.64. The first-order valence-electron chi connectivity index (χ1n) is 7.71. The second-order valence-corrected chi connectivity index (χ2v) is 5.48. The second-order valence-electron chi connectivity index (χ2n) is 5.48. The molecule has 0 aromatic heterocycles. The van der Waals surface area contributed by atoms with Crippen LogP contribution >= 0.6 is 0 Å². The molecule has 0 atom stereocenters. The zero-order chi connectivity index (χ0) is 17.8. The molecule has 0 fully saturated rings. The lowest BCUT2D eigenvalue weighted by molar-refractivity contribution is 0.0697. The Morgan fingerprint density at radius 2 is 1.28 bits per heavy atom. The van der Waals surface area contributed by atoms with Gasteiger partial charge in [-0.2, -0.15) is 0 Å². The number of hydrogen-bond acceptors (Lipinski definition) is 4. The lowest BCUT2D eigenvalue weighted by Crippen LogP contribution is -2.10. The van der Waals surface area contributed by atoms with E-state index in [-0.39, 0.29) is 5.56 Å². The number of nitrogens with zero attached hydrogens (tertiary/aromatic N) is 1. The minimum Gasteiger partial charge on any atom is -0.497 e. The summed E-state index contributed by atoms with van der Waals surface area (Å²) in [4.78, 5) is 13.1. The van der Waals surface area contributed by atoms with Gasteiger partial charge in [-0.15, -0.1) is 0 Å². The number of carboxylic acids is 1. The minimum absolute atomic E-state index is 0.246. The van der Waals surface area contributed by atoms with Crippen LogP contribution in [-0.4, -0.2) is 18.2 Å². The van der Waals surface area contributed by atoms with Gasteiger partial charge in [0.1, 0.15) is 5.75 Å². The number of nitrogen functional groups attached to an aromatic ring is 1. The number of benzene rings is 3. The summed E-state index contributed by atoms with van der Waals surface area (Å²) in [7, 11) is 1.62. The molecule has 0 aliphatic carbocycles. The third-order valence-electron chi connectivity index (χ3n) is 3.85. The van der Waals surface area contributed by atoms with Gasteiger partial charge >= 0.3 is 5.97 Å². The van der Waals surface area contributed by atoms with Crippen LogP contribution in [0.1, 0.15) is 10.4 Å². The Morgan fingerprint density at radius 1 is 0.840 bits per heavy atom. The van der Waals surface area contributed by atoms with Gasteiger partial charge in [-0.1, -0.05) is 0 Å². The van der Waals surface area contributed by atoms with Crippen molar-refractivity contribution in [3.05, 3.63) is 78.4 Å². The largest absolute Gasteiger partial charge is 0.497 e. The number of anilines is 4. The van der Waals surface area contributed by atoms with Crippen LogP contribution in [0.15, 0.2) is 72.8 Å². The molecule has 0 bridgehead atoms. The van der Waals surface area contributed by atoms with Crippen LogP contribution in [0.4, 0.5) is 22.7 Å². The molecule has 5 nitrogen and oxygen atoms in total. The van der Waals surface area contributed by atoms with Crippen molar-refractivity contribution < 1.29 is 14.6 Å². The van der Waals surface area contributed by atoms with Crippen LogP contribution < -0.4 is 15.4 Å². The fourth-order valence-electron chi connectivity index (χ4n) is 2.55. The summed E-state index contributed by atoms with van der Waals surface area (Å²) in [5.74, 6) is -0.183. The zero-order valence-corrected chi connectivity index (χ0v) is 13.7. The maximum Gasteiger partial charge on any atom is 0.335 e. The van der Waals surface area contributed by atoms with E-state index >= 15 is 0 Å². The molecule has 0 aliphatic heterocycles. The Morgan fingerprint density at radius 3 is 1.72 bits per heavy atom. The summed E-state index contributed by atoms with van der Waals surface area (Å²) in [6, 6.07) is 21.9. The molecule has 126 valence electrons. The number of methoxy groups -OCH3 is 1. The molecular formula is C20H18N2O3. The number of carbonyl (C=O) groups is 1. The molecule has 0 aliphatic rings. The maximum absolute atomic E-state index is 11.1. The predicted octanol–water partition coefficient (Wildman–Crippen LogP) is 4.45. The van der Waals surface area contributed by atoms with Gasteiger partial charge in [0.2, 0.25) is 0 Å². The van der Waals surface area contributed by atoms with Gasteiger partial charge in [-0.05, 0) is 72.8 Å². The Hall–Kier alpha value is -3.47. The van der Waals surface area contributed by atoms with Crippen molar-refractivity contribution in [1.82, 2.24) is 0 Å². The molecule has 0 heterocycles. The third kappa shape index (κ3) is 3.55. The first-order valence-corrected chi connectivity index (χ1v) is 7.71. The third-order valence-corrected chi connectivity index (χ3v) is 3.85. The van der Waals surface area contributed by atoms with E-state index in [0.717, 1.165) is 22.8 Å². The lowest BCUT2D eigenvalue weighted by atomic mass is 10.1. The topological polar surface area (TPSA) is 75.8 Å². The number of ether oxygens (including phenoxy) is 1. The number of aromatic carboxylic acids is 1. The van der Waals surface area contributed by atoms with Crippen molar-refractivity contribution in [2.45, 2.75) is 0 Å². The molecule has 0 radical (unpaired) electrons. The van der Waals surface area contributed by atoms with Crippen molar-refractivity contribution in [3.63, 3.8) is 0 Å². The summed E-state index contributed by atoms with van der Waals surface area (Å²) in [5, 5.41) is 9.10. The molecule has 3 rings (SSSR count). The Balaban J connectivity index is 2.07. The highest BCUT2D eigenvalue weighted by Gasteiger charge is 2.13. The van der Waals surface area contributed by atoms with E-state index in [4.69, 9.17) is 15.6 Å². The van der Waals surface area contributed by atoms with Gasteiger partial charge in [0, 0.05) is 22.7 Å². The van der Waals surface area contributed by atoms with E-state index in [2.05, 4.69) is 0 Å². The van der Waals surface area contributed by atoms with Gasteiger partial charge in [0.05, 0.1) is 12.7 Å². The second kappa shape index (κ2) is 6.97. The van der Waals surface area contributed by atoms with E-state index in [9.17, 15) is 4.79 Å². The van der Waals surface area contributed by atoms with Crippen LogP contribution in [0.5, 0.6) is 5.75 Å². The first-order chi connectivity index (χ1) is 12.1. The van der Waals surface area contributed by atoms with Gasteiger partial charge in [-0.3, -0.25) is 0 Å². The fourth-order valence-corrected chi connectivity index (χ4v) is 2.55. The van der Waals surface area contributed by atoms with Gasteiger partial charge in [0.15, 0.2) is 0 Å². The van der Waals surface area contributed by atoms with Crippen molar-refractivity contribution in [1.29, 1.82) is 0 Å². The first kappa shape index (κ1) is 16.4. The van der Waals surface area contributed by atoms with Crippen molar-refractivity contribution in [2.75, 3.05) is 17.7 Å². The molecular weight excluding hydrogens is 316 g/mol. The number of carboxylic acid groups (broad SMARTS) is 1. The van der Waals surface area contributed by atoms with E-state index in [1.54, 1.807) is 31.4 Å². The lowest BCUT2D eigenvalue weighted by Gasteiger charge is -2.25. The van der Waals surface area contributed by atoms with E-state index in [1.165, 1.54) is 0 Å². The van der Waals surface area contributed by atoms with Crippen LogP contribution in [0.2, 0.25) is 0 Å². The van der Waals surface area contributed by atoms with Crippen LogP contribution in [0.25, 0.3) is 0 Å². The minimum atomic E-state index is -0.949. The molecule has 3 aromatic rings. The summed E-state index contributed by atoms with van der Waals surface area (Å²) >= 11 is 0. The van der Waals surface area contributed by atoms with Crippen molar-refractivity contribution in [3.8, 4) is 5.75 Å². The van der Waals surface area contributed by atoms with E-state index in [0.29, 0.717) is 5.69 Å². The maximum atomic E-state index is 11.1. The Kier molecular flexibility index (Phi) is 4.57. The summed E-state index contributed by atoms with van der Waals surface area (Å²) < 4.78 is 5.22. The number of nitrogens with two attached hydrogens (primary N) is 1. The standard InChI is InChI=1S/C20H18N2O3/c1-25-19-12-10-18(11-13-19)22(17-8-4-15(21)5-9-17)16-6-2-14(3-7-16)20(23)24/h2-13H,21H2,1H3,(H,23,24). The predicted molar refractivity (Wildman–Crippen MR) is 99.0 cm³/mol. The summed E-state index contributed by atoms with van der Waals surface area (Å²) in [6.07, 6.45) is 0. The Bertz CT molecular complexity index is 857. The molecule has 0 saturated heterocycles. The molecule has 0 spiro atoms. The van der Waals surface area contributed by atoms with Gasteiger partial charge in [0.25, 0.3) is 0 Å². The van der Waals surface area contributed by atoms with E-state index in [1.807, 2.05) is 53.4 Å². The van der Waals surface area contributed by atoms with Gasteiger partial charge < -0.3 is 20.5 Å². The number of rotatable bonds is 5. The zero-order valence-electron chi connectivity index (χ0n) is 13.7. The van der Waals surface area contributed by atoms with Crippen LogP contribution in [0, 0.1) is 0 Å². The number of hydrogen-bond donors (Lipinski definition) is 2. The molecule has 25 heavy (non-hydrogen) atoms. The van der Waals surface area contributed by atoms with E-state index < -0.39 is 5.97 Å². The van der Waals surface area contributed by atoms with Crippen LogP contribution in [0.3, 0.4) is 0 Å². The normalized spacial score (nSPS) is 10.3. The monoisotopic (exact) mass is 334 g/mol. The molecule has 5 heteroatoms. The van der Waals surface area contributed by atoms with Crippen molar-refractivity contribution in [2.24, 2.45) is 0 Å². The van der Waals surface area contributed by atoms with Crippen LogP contribution in [-0.2, 0) is 0 Å². The summed E-state index contributed by atoms with van der Waals surface area (Å²) in [5.41, 5.74) is 9.41. The molecule has 0 amide bonds. The molecule has 0 saturated carbocycles. The average molecular weight is 334 g/mol. The molecule has 0 unspecified atom stereocenters. The fraction of sp³-hybridized carbons (Fsp3) is 0.0500. The highest BCUT2D eigenvalue weighted by Crippen LogP contribution is 2.35. The molecule has 3 aromatic carbocycles. The summed E-state index contributed by atoms with van der Waals surface area (Å²) in [6.45, 7) is 0. The quantitative estimate of drug-likeness (QED) is 0.674.